The molecule has 3 N–H and O–H groups in total. The molecule has 4 nitrogen and oxygen atoms in total. The SMILES string of the molecule is Cn1cc(C(=O)O)cc1N. The van der Waals surface area contributed by atoms with Gasteiger partial charge in [0.15, 0.2) is 0 Å². The summed E-state index contributed by atoms with van der Waals surface area (Å²) in [5.74, 6) is -0.496. The first-order valence-electron chi connectivity index (χ1n) is 2.76. The summed E-state index contributed by atoms with van der Waals surface area (Å²) in [5, 5.41) is 8.45. The Morgan fingerprint density at radius 2 is 2.40 bits per heavy atom. The van der Waals surface area contributed by atoms with E-state index in [9.17, 15) is 4.79 Å². The highest BCUT2D eigenvalue weighted by Crippen LogP contribution is 2.07. The monoisotopic (exact) mass is 140 g/mol. The number of nitrogens with two attached hydrogens (primary N) is 1. The zero-order chi connectivity index (χ0) is 7.72. The maximum atomic E-state index is 10.3. The van der Waals surface area contributed by atoms with Gasteiger partial charge in [-0.1, -0.05) is 0 Å². The van der Waals surface area contributed by atoms with E-state index in [-0.39, 0.29) is 5.56 Å². The molecule has 0 aliphatic carbocycles. The molecule has 0 aliphatic rings. The molecule has 0 amide bonds. The van der Waals surface area contributed by atoms with E-state index in [1.54, 1.807) is 11.6 Å². The van der Waals surface area contributed by atoms with Crippen molar-refractivity contribution in [1.29, 1.82) is 0 Å². The van der Waals surface area contributed by atoms with Gasteiger partial charge < -0.3 is 15.4 Å². The molecule has 54 valence electrons. The lowest BCUT2D eigenvalue weighted by molar-refractivity contribution is 0.0697. The van der Waals surface area contributed by atoms with Crippen molar-refractivity contribution >= 4 is 11.8 Å². The second-order valence-electron chi connectivity index (χ2n) is 2.07. The first-order chi connectivity index (χ1) is 4.61. The summed E-state index contributed by atoms with van der Waals surface area (Å²) in [5.41, 5.74) is 5.60. The Morgan fingerprint density at radius 3 is 2.60 bits per heavy atom. The summed E-state index contributed by atoms with van der Waals surface area (Å²) in [6, 6.07) is 1.42. The molecule has 0 bridgehead atoms. The number of hydrogen-bond donors (Lipinski definition) is 2. The predicted octanol–water partition coefficient (Wildman–Crippen LogP) is 0.306. The van der Waals surface area contributed by atoms with Crippen molar-refractivity contribution in [2.24, 2.45) is 7.05 Å². The topological polar surface area (TPSA) is 68.2 Å². The van der Waals surface area contributed by atoms with Gasteiger partial charge in [-0.05, 0) is 6.07 Å². The van der Waals surface area contributed by atoms with Gasteiger partial charge >= 0.3 is 5.97 Å². The van der Waals surface area contributed by atoms with Gasteiger partial charge in [-0.15, -0.1) is 0 Å². The number of carbonyl (C=O) groups is 1. The highest BCUT2D eigenvalue weighted by Gasteiger charge is 2.05. The van der Waals surface area contributed by atoms with Gasteiger partial charge in [0.1, 0.15) is 5.82 Å². The summed E-state index contributed by atoms with van der Waals surface area (Å²) in [6.45, 7) is 0. The summed E-state index contributed by atoms with van der Waals surface area (Å²) < 4.78 is 1.56. The van der Waals surface area contributed by atoms with Gasteiger partial charge in [0.25, 0.3) is 0 Å². The van der Waals surface area contributed by atoms with Gasteiger partial charge in [0.05, 0.1) is 5.56 Å². The molecule has 0 aliphatic heterocycles. The van der Waals surface area contributed by atoms with Gasteiger partial charge in [-0.2, -0.15) is 0 Å². The number of anilines is 1. The Morgan fingerprint density at radius 1 is 1.80 bits per heavy atom. The van der Waals surface area contributed by atoms with Crippen LogP contribution in [0.5, 0.6) is 0 Å². The number of aromatic nitrogens is 1. The molecular formula is C6H8N2O2. The fourth-order valence-corrected chi connectivity index (χ4v) is 0.699. The van der Waals surface area contributed by atoms with Gasteiger partial charge in [-0.3, -0.25) is 0 Å². The van der Waals surface area contributed by atoms with Gasteiger partial charge in [0.2, 0.25) is 0 Å². The third kappa shape index (κ3) is 0.953. The largest absolute Gasteiger partial charge is 0.478 e. The van der Waals surface area contributed by atoms with Crippen LogP contribution in [-0.4, -0.2) is 15.6 Å². The van der Waals surface area contributed by atoms with E-state index < -0.39 is 5.97 Å². The van der Waals surface area contributed by atoms with Crippen LogP contribution in [-0.2, 0) is 7.05 Å². The first-order valence-corrected chi connectivity index (χ1v) is 2.76. The second-order valence-corrected chi connectivity index (χ2v) is 2.07. The number of aryl methyl sites for hydroxylation is 1. The van der Waals surface area contributed by atoms with Crippen LogP contribution in [0.2, 0.25) is 0 Å². The Kier molecular flexibility index (Phi) is 1.37. The number of nitrogen functional groups attached to an aromatic ring is 1. The smallest absolute Gasteiger partial charge is 0.337 e. The van der Waals surface area contributed by atoms with Crippen LogP contribution in [0.25, 0.3) is 0 Å². The van der Waals surface area contributed by atoms with Crippen LogP contribution in [0, 0.1) is 0 Å². The summed E-state index contributed by atoms with van der Waals surface area (Å²) in [6.07, 6.45) is 1.47. The Hall–Kier alpha value is -1.45. The normalized spacial score (nSPS) is 9.70. The quantitative estimate of drug-likeness (QED) is 0.589. The van der Waals surface area contributed by atoms with Gasteiger partial charge in [0, 0.05) is 13.2 Å². The lowest BCUT2D eigenvalue weighted by Gasteiger charge is -1.89. The zero-order valence-corrected chi connectivity index (χ0v) is 5.53. The molecule has 0 fully saturated rings. The highest BCUT2D eigenvalue weighted by molar-refractivity contribution is 5.88. The van der Waals surface area contributed by atoms with Crippen LogP contribution in [0.4, 0.5) is 5.82 Å². The first kappa shape index (κ1) is 6.67. The van der Waals surface area contributed by atoms with Crippen LogP contribution in [0.1, 0.15) is 10.4 Å². The Bertz CT molecular complexity index is 245. The molecule has 0 radical (unpaired) electrons. The summed E-state index contributed by atoms with van der Waals surface area (Å²) >= 11 is 0. The third-order valence-corrected chi connectivity index (χ3v) is 1.29. The Balaban J connectivity index is 3.10. The minimum absolute atomic E-state index is 0.222. The van der Waals surface area contributed by atoms with Crippen molar-refractivity contribution in [2.75, 3.05) is 5.73 Å². The number of carboxylic acids is 1. The maximum absolute atomic E-state index is 10.3. The van der Waals surface area contributed by atoms with E-state index in [1.807, 2.05) is 0 Å². The van der Waals surface area contributed by atoms with E-state index in [2.05, 4.69) is 0 Å². The molecule has 0 saturated heterocycles. The number of hydrogen-bond acceptors (Lipinski definition) is 2. The molecule has 0 unspecified atom stereocenters. The Labute approximate surface area is 57.9 Å². The van der Waals surface area contributed by atoms with Crippen LogP contribution >= 0.6 is 0 Å². The minimum atomic E-state index is -0.952. The molecule has 1 rings (SSSR count). The molecule has 1 aromatic rings. The van der Waals surface area contributed by atoms with Crippen molar-refractivity contribution in [3.63, 3.8) is 0 Å². The number of rotatable bonds is 1. The second kappa shape index (κ2) is 2.06. The van der Waals surface area contributed by atoms with Gasteiger partial charge in [-0.25, -0.2) is 4.79 Å². The van der Waals surface area contributed by atoms with Crippen molar-refractivity contribution in [3.05, 3.63) is 17.8 Å². The zero-order valence-electron chi connectivity index (χ0n) is 5.53. The molecular weight excluding hydrogens is 132 g/mol. The highest BCUT2D eigenvalue weighted by atomic mass is 16.4. The van der Waals surface area contributed by atoms with Crippen LogP contribution in [0.3, 0.4) is 0 Å². The van der Waals surface area contributed by atoms with Crippen LogP contribution in [0.15, 0.2) is 12.3 Å². The molecule has 0 saturated carbocycles. The fourth-order valence-electron chi connectivity index (χ4n) is 0.699. The molecule has 0 aromatic carbocycles. The van der Waals surface area contributed by atoms with Crippen LogP contribution < -0.4 is 5.73 Å². The third-order valence-electron chi connectivity index (χ3n) is 1.29. The average molecular weight is 140 g/mol. The predicted molar refractivity (Wildman–Crippen MR) is 36.8 cm³/mol. The van der Waals surface area contributed by atoms with Crippen molar-refractivity contribution in [3.8, 4) is 0 Å². The van der Waals surface area contributed by atoms with E-state index in [1.165, 1.54) is 12.3 Å². The molecule has 0 atom stereocenters. The van der Waals surface area contributed by atoms with Crippen molar-refractivity contribution in [1.82, 2.24) is 4.57 Å². The van der Waals surface area contributed by atoms with E-state index in [0.29, 0.717) is 5.82 Å². The standard InChI is InChI=1S/C6H8N2O2/c1-8-3-4(6(9)10)2-5(8)7/h2-3H,7H2,1H3,(H,9,10). The molecule has 10 heavy (non-hydrogen) atoms. The molecule has 1 aromatic heterocycles. The maximum Gasteiger partial charge on any atom is 0.337 e. The fraction of sp³-hybridized carbons (Fsp3) is 0.167. The summed E-state index contributed by atoms with van der Waals surface area (Å²) in [7, 11) is 1.70. The number of nitrogens with zero attached hydrogens (tertiary/aromatic N) is 1. The molecule has 0 spiro atoms. The van der Waals surface area contributed by atoms with Crippen molar-refractivity contribution < 1.29 is 9.90 Å². The number of carboxylic acid groups (broad SMARTS) is 1. The van der Waals surface area contributed by atoms with E-state index in [0.717, 1.165) is 0 Å². The lowest BCUT2D eigenvalue weighted by Crippen LogP contribution is -1.93. The van der Waals surface area contributed by atoms with E-state index >= 15 is 0 Å². The lowest BCUT2D eigenvalue weighted by atomic mass is 10.3. The molecule has 4 heteroatoms. The average Bonchev–Trinajstić information content (AvgIpc) is 2.13. The van der Waals surface area contributed by atoms with Crippen molar-refractivity contribution in [2.45, 2.75) is 0 Å². The molecule has 1 heterocycles. The summed E-state index contributed by atoms with van der Waals surface area (Å²) in [4.78, 5) is 10.3. The number of aromatic carboxylic acids is 1. The van der Waals surface area contributed by atoms with E-state index in [4.69, 9.17) is 10.8 Å². The minimum Gasteiger partial charge on any atom is -0.478 e.